The molecule has 2 unspecified atom stereocenters. The van der Waals surface area contributed by atoms with Crippen LogP contribution in [0.3, 0.4) is 0 Å². The number of benzene rings is 1. The fourth-order valence-corrected chi connectivity index (χ4v) is 2.96. The van der Waals surface area contributed by atoms with Crippen LogP contribution in [0.4, 0.5) is 4.39 Å². The maximum atomic E-state index is 13.6. The molecular weight excluding hydrogens is 293 g/mol. The van der Waals surface area contributed by atoms with Crippen molar-refractivity contribution in [3.8, 4) is 0 Å². The van der Waals surface area contributed by atoms with E-state index < -0.39 is 0 Å². The number of hydrogen-bond donors (Lipinski definition) is 0. The first-order valence-electron chi connectivity index (χ1n) is 7.14. The Kier molecular flexibility index (Phi) is 4.15. The van der Waals surface area contributed by atoms with E-state index in [0.29, 0.717) is 13.2 Å². The van der Waals surface area contributed by atoms with E-state index in [0.717, 1.165) is 29.9 Å². The number of imidazole rings is 1. The average Bonchev–Trinajstić information content (AvgIpc) is 2.77. The molecule has 1 aliphatic heterocycles. The van der Waals surface area contributed by atoms with E-state index in [-0.39, 0.29) is 17.3 Å². The van der Waals surface area contributed by atoms with Gasteiger partial charge in [0.1, 0.15) is 11.6 Å². The molecule has 114 valence electrons. The lowest BCUT2D eigenvalue weighted by molar-refractivity contribution is -0.0273. The van der Waals surface area contributed by atoms with Gasteiger partial charge in [0.25, 0.3) is 0 Å². The van der Waals surface area contributed by atoms with Crippen molar-refractivity contribution in [2.75, 3.05) is 26.7 Å². The molecule has 4 nitrogen and oxygen atoms in total. The average molecular weight is 312 g/mol. The molecule has 0 aliphatic carbocycles. The lowest BCUT2D eigenvalue weighted by Gasteiger charge is -2.30. The van der Waals surface area contributed by atoms with E-state index in [9.17, 15) is 4.39 Å². The van der Waals surface area contributed by atoms with Crippen molar-refractivity contribution in [2.45, 2.75) is 24.9 Å². The van der Waals surface area contributed by atoms with Crippen LogP contribution in [0.2, 0.25) is 0 Å². The van der Waals surface area contributed by atoms with E-state index in [1.165, 1.54) is 12.1 Å². The Morgan fingerprint density at radius 2 is 2.33 bits per heavy atom. The van der Waals surface area contributed by atoms with E-state index >= 15 is 0 Å². The van der Waals surface area contributed by atoms with Gasteiger partial charge in [0.15, 0.2) is 0 Å². The SMILES string of the molecule is CC(Cl)c1nc2ccc(F)cc2n1CC1CN(C)CCO1. The lowest BCUT2D eigenvalue weighted by atomic mass is 10.2. The van der Waals surface area contributed by atoms with Crippen molar-refractivity contribution >= 4 is 22.6 Å². The number of rotatable bonds is 3. The van der Waals surface area contributed by atoms with Crippen molar-refractivity contribution in [3.05, 3.63) is 29.8 Å². The van der Waals surface area contributed by atoms with Crippen molar-refractivity contribution in [1.29, 1.82) is 0 Å². The van der Waals surface area contributed by atoms with Gasteiger partial charge in [-0.25, -0.2) is 9.37 Å². The molecule has 3 rings (SSSR count). The number of halogens is 2. The number of morpholine rings is 1. The van der Waals surface area contributed by atoms with Crippen LogP contribution in [0, 0.1) is 5.82 Å². The third-order valence-electron chi connectivity index (χ3n) is 3.82. The molecule has 6 heteroatoms. The molecule has 2 aromatic rings. The minimum atomic E-state index is -0.265. The lowest BCUT2D eigenvalue weighted by Crippen LogP contribution is -2.42. The zero-order chi connectivity index (χ0) is 15.0. The monoisotopic (exact) mass is 311 g/mol. The quantitative estimate of drug-likeness (QED) is 0.817. The summed E-state index contributed by atoms with van der Waals surface area (Å²) in [6.07, 6.45) is 0.0681. The molecule has 1 aromatic heterocycles. The molecule has 0 amide bonds. The maximum absolute atomic E-state index is 13.6. The summed E-state index contributed by atoms with van der Waals surface area (Å²) in [5.74, 6) is 0.494. The van der Waals surface area contributed by atoms with E-state index in [1.807, 2.05) is 11.5 Å². The summed E-state index contributed by atoms with van der Waals surface area (Å²) in [4.78, 5) is 6.77. The first kappa shape index (κ1) is 14.8. The van der Waals surface area contributed by atoms with Crippen LogP contribution in [0.5, 0.6) is 0 Å². The molecule has 0 spiro atoms. The number of fused-ring (bicyclic) bond motifs is 1. The first-order valence-corrected chi connectivity index (χ1v) is 7.58. The smallest absolute Gasteiger partial charge is 0.127 e. The highest BCUT2D eigenvalue weighted by Crippen LogP contribution is 2.26. The summed E-state index contributed by atoms with van der Waals surface area (Å²) >= 11 is 6.24. The Bertz CT molecular complexity index is 643. The van der Waals surface area contributed by atoms with Gasteiger partial charge < -0.3 is 14.2 Å². The summed E-state index contributed by atoms with van der Waals surface area (Å²) in [5, 5.41) is -0.234. The van der Waals surface area contributed by atoms with E-state index in [1.54, 1.807) is 6.07 Å². The minimum absolute atomic E-state index is 0.0681. The number of hydrogen-bond acceptors (Lipinski definition) is 3. The molecule has 1 fully saturated rings. The van der Waals surface area contributed by atoms with Gasteiger partial charge in [-0.15, -0.1) is 11.6 Å². The minimum Gasteiger partial charge on any atom is -0.374 e. The van der Waals surface area contributed by atoms with Crippen LogP contribution >= 0.6 is 11.6 Å². The van der Waals surface area contributed by atoms with Crippen molar-refractivity contribution in [3.63, 3.8) is 0 Å². The van der Waals surface area contributed by atoms with Crippen molar-refractivity contribution < 1.29 is 9.13 Å². The molecule has 1 saturated heterocycles. The second kappa shape index (κ2) is 5.91. The summed E-state index contributed by atoms with van der Waals surface area (Å²) in [5.41, 5.74) is 1.54. The zero-order valence-electron chi connectivity index (χ0n) is 12.2. The first-order chi connectivity index (χ1) is 10.0. The standard InChI is InChI=1S/C15H19ClFN3O/c1-10(16)15-18-13-4-3-11(17)7-14(13)20(15)9-12-8-19(2)5-6-21-12/h3-4,7,10,12H,5-6,8-9H2,1-2H3. The number of alkyl halides is 1. The van der Waals surface area contributed by atoms with Gasteiger partial charge >= 0.3 is 0 Å². The fraction of sp³-hybridized carbons (Fsp3) is 0.533. The second-order valence-electron chi connectivity index (χ2n) is 5.58. The van der Waals surface area contributed by atoms with Gasteiger partial charge in [-0.1, -0.05) is 0 Å². The second-order valence-corrected chi connectivity index (χ2v) is 6.24. The Morgan fingerprint density at radius 3 is 3.05 bits per heavy atom. The number of ether oxygens (including phenoxy) is 1. The Labute approximate surface area is 128 Å². The summed E-state index contributed by atoms with van der Waals surface area (Å²) in [6, 6.07) is 4.63. The molecule has 1 aromatic carbocycles. The largest absolute Gasteiger partial charge is 0.374 e. The third kappa shape index (κ3) is 3.05. The molecule has 0 radical (unpaired) electrons. The van der Waals surface area contributed by atoms with Crippen LogP contribution in [0.15, 0.2) is 18.2 Å². The van der Waals surface area contributed by atoms with Gasteiger partial charge in [0, 0.05) is 13.1 Å². The molecule has 2 atom stereocenters. The number of likely N-dealkylation sites (N-methyl/N-ethyl adjacent to an activating group) is 1. The molecule has 0 N–H and O–H groups in total. The Hall–Kier alpha value is -1.17. The van der Waals surface area contributed by atoms with Crippen LogP contribution in [0.25, 0.3) is 11.0 Å². The summed E-state index contributed by atoms with van der Waals surface area (Å²) in [7, 11) is 2.08. The predicted octanol–water partition coefficient (Wildman–Crippen LogP) is 2.81. The highest BCUT2D eigenvalue weighted by atomic mass is 35.5. The Morgan fingerprint density at radius 1 is 1.52 bits per heavy atom. The third-order valence-corrected chi connectivity index (χ3v) is 4.02. The van der Waals surface area contributed by atoms with Crippen LogP contribution in [-0.2, 0) is 11.3 Å². The molecular formula is C15H19ClFN3O. The summed E-state index contributed by atoms with van der Waals surface area (Å²) in [6.45, 7) is 5.02. The summed E-state index contributed by atoms with van der Waals surface area (Å²) < 4.78 is 21.3. The van der Waals surface area contributed by atoms with Gasteiger partial charge in [-0.05, 0) is 32.2 Å². The molecule has 0 saturated carbocycles. The van der Waals surface area contributed by atoms with Gasteiger partial charge in [0.2, 0.25) is 0 Å². The number of nitrogens with zero attached hydrogens (tertiary/aromatic N) is 3. The molecule has 2 heterocycles. The molecule has 21 heavy (non-hydrogen) atoms. The normalized spacial score (nSPS) is 21.8. The van der Waals surface area contributed by atoms with Crippen molar-refractivity contribution in [2.24, 2.45) is 0 Å². The van der Waals surface area contributed by atoms with Crippen LogP contribution in [-0.4, -0.2) is 47.3 Å². The number of aromatic nitrogens is 2. The van der Waals surface area contributed by atoms with Gasteiger partial charge in [-0.3, -0.25) is 0 Å². The predicted molar refractivity (Wildman–Crippen MR) is 81.2 cm³/mol. The highest BCUT2D eigenvalue weighted by Gasteiger charge is 2.22. The van der Waals surface area contributed by atoms with Gasteiger partial charge in [0.05, 0.1) is 35.7 Å². The van der Waals surface area contributed by atoms with Crippen molar-refractivity contribution in [1.82, 2.24) is 14.5 Å². The van der Waals surface area contributed by atoms with Crippen LogP contribution < -0.4 is 0 Å². The van der Waals surface area contributed by atoms with Gasteiger partial charge in [-0.2, -0.15) is 0 Å². The Balaban J connectivity index is 1.98. The fourth-order valence-electron chi connectivity index (χ4n) is 2.79. The van der Waals surface area contributed by atoms with Crippen LogP contribution in [0.1, 0.15) is 18.1 Å². The van der Waals surface area contributed by atoms with E-state index in [2.05, 4.69) is 16.9 Å². The highest BCUT2D eigenvalue weighted by molar-refractivity contribution is 6.20. The van der Waals surface area contributed by atoms with E-state index in [4.69, 9.17) is 16.3 Å². The topological polar surface area (TPSA) is 30.3 Å². The molecule has 0 bridgehead atoms. The molecule has 1 aliphatic rings. The maximum Gasteiger partial charge on any atom is 0.127 e. The zero-order valence-corrected chi connectivity index (χ0v) is 13.0.